The number of rotatable bonds is 2. The van der Waals surface area contributed by atoms with Crippen LogP contribution >= 0.6 is 0 Å². The predicted octanol–water partition coefficient (Wildman–Crippen LogP) is 1.82. The molecular weight excluding hydrogens is 280 g/mol. The largest absolute Gasteiger partial charge is 0.330 e. The van der Waals surface area contributed by atoms with Crippen LogP contribution in [0.15, 0.2) is 36.9 Å². The van der Waals surface area contributed by atoms with Gasteiger partial charge in [-0.15, -0.1) is 0 Å². The van der Waals surface area contributed by atoms with E-state index in [0.717, 1.165) is 31.5 Å². The zero-order valence-electron chi connectivity index (χ0n) is 12.0. The summed E-state index contributed by atoms with van der Waals surface area (Å²) in [5.41, 5.74) is 2.13. The highest BCUT2D eigenvalue weighted by Gasteiger charge is 2.31. The van der Waals surface area contributed by atoms with Crippen molar-refractivity contribution < 1.29 is 4.79 Å². The second-order valence-corrected chi connectivity index (χ2v) is 5.47. The number of hydrogen-bond donors (Lipinski definition) is 1. The fourth-order valence-corrected chi connectivity index (χ4v) is 3.08. The molecule has 7 heteroatoms. The predicted molar refractivity (Wildman–Crippen MR) is 79.2 cm³/mol. The quantitative estimate of drug-likeness (QED) is 0.782. The molecule has 1 aliphatic rings. The van der Waals surface area contributed by atoms with Gasteiger partial charge < -0.3 is 4.90 Å². The first-order valence-electron chi connectivity index (χ1n) is 7.43. The Balaban J connectivity index is 1.71. The molecule has 22 heavy (non-hydrogen) atoms. The lowest BCUT2D eigenvalue weighted by Gasteiger charge is -2.34. The van der Waals surface area contributed by atoms with Crippen molar-refractivity contribution in [2.24, 2.45) is 0 Å². The number of aromatic nitrogens is 5. The van der Waals surface area contributed by atoms with E-state index in [4.69, 9.17) is 0 Å². The van der Waals surface area contributed by atoms with E-state index >= 15 is 0 Å². The van der Waals surface area contributed by atoms with E-state index in [9.17, 15) is 4.79 Å². The molecule has 0 saturated carbocycles. The van der Waals surface area contributed by atoms with Crippen molar-refractivity contribution in [1.29, 1.82) is 0 Å². The van der Waals surface area contributed by atoms with Crippen LogP contribution in [0.4, 0.5) is 0 Å². The molecule has 1 fully saturated rings. The molecule has 3 aromatic rings. The van der Waals surface area contributed by atoms with E-state index < -0.39 is 0 Å². The van der Waals surface area contributed by atoms with E-state index in [1.807, 2.05) is 11.0 Å². The van der Waals surface area contributed by atoms with E-state index in [1.54, 1.807) is 35.4 Å². The van der Waals surface area contributed by atoms with Crippen LogP contribution in [0.25, 0.3) is 5.65 Å². The molecule has 7 nitrogen and oxygen atoms in total. The second kappa shape index (κ2) is 5.25. The van der Waals surface area contributed by atoms with E-state index in [2.05, 4.69) is 20.3 Å². The maximum absolute atomic E-state index is 13.0. The number of piperidine rings is 1. The smallest absolute Gasteiger partial charge is 0.259 e. The highest BCUT2D eigenvalue weighted by Crippen LogP contribution is 2.31. The van der Waals surface area contributed by atoms with Gasteiger partial charge in [0.2, 0.25) is 0 Å². The normalized spacial score (nSPS) is 18.7. The van der Waals surface area contributed by atoms with Crippen molar-refractivity contribution in [3.05, 3.63) is 48.2 Å². The molecular formula is C15H16N6O. The Bertz CT molecular complexity index is 793. The number of amides is 1. The van der Waals surface area contributed by atoms with Crippen molar-refractivity contribution in [2.45, 2.75) is 25.3 Å². The molecule has 1 aliphatic heterocycles. The fraction of sp³-hybridized carbons (Fsp3) is 0.333. The molecule has 4 rings (SSSR count). The van der Waals surface area contributed by atoms with Gasteiger partial charge in [-0.2, -0.15) is 10.2 Å². The SMILES string of the molecule is O=C(c1cnn2cccnc12)N1CCCC[C@H]1c1ccn[nH]1. The molecule has 0 aromatic carbocycles. The number of H-pyrrole nitrogens is 1. The summed E-state index contributed by atoms with van der Waals surface area (Å²) in [7, 11) is 0. The van der Waals surface area contributed by atoms with Gasteiger partial charge in [-0.25, -0.2) is 9.50 Å². The maximum Gasteiger partial charge on any atom is 0.259 e. The van der Waals surface area contributed by atoms with Crippen molar-refractivity contribution in [2.75, 3.05) is 6.54 Å². The van der Waals surface area contributed by atoms with Crippen LogP contribution in [0.3, 0.4) is 0 Å². The average Bonchev–Trinajstić information content (AvgIpc) is 3.24. The van der Waals surface area contributed by atoms with Crippen molar-refractivity contribution in [3.63, 3.8) is 0 Å². The molecule has 3 aromatic heterocycles. The number of carbonyl (C=O) groups excluding carboxylic acids is 1. The second-order valence-electron chi connectivity index (χ2n) is 5.47. The summed E-state index contributed by atoms with van der Waals surface area (Å²) >= 11 is 0. The highest BCUT2D eigenvalue weighted by molar-refractivity contribution is 5.99. The Labute approximate surface area is 127 Å². The molecule has 112 valence electrons. The molecule has 1 N–H and O–H groups in total. The van der Waals surface area contributed by atoms with Gasteiger partial charge in [0.15, 0.2) is 5.65 Å². The molecule has 0 bridgehead atoms. The lowest BCUT2D eigenvalue weighted by molar-refractivity contribution is 0.0608. The Hall–Kier alpha value is -2.70. The average molecular weight is 296 g/mol. The zero-order valence-corrected chi connectivity index (χ0v) is 12.0. The number of nitrogens with one attached hydrogen (secondary N) is 1. The van der Waals surface area contributed by atoms with Crippen LogP contribution in [0.1, 0.15) is 41.4 Å². The number of likely N-dealkylation sites (tertiary alicyclic amines) is 1. The van der Waals surface area contributed by atoms with Gasteiger partial charge in [-0.1, -0.05) is 0 Å². The van der Waals surface area contributed by atoms with E-state index in [1.165, 1.54) is 0 Å². The number of nitrogens with zero attached hydrogens (tertiary/aromatic N) is 5. The van der Waals surface area contributed by atoms with Gasteiger partial charge in [0.05, 0.1) is 17.9 Å². The van der Waals surface area contributed by atoms with Crippen LogP contribution in [0.5, 0.6) is 0 Å². The molecule has 1 saturated heterocycles. The van der Waals surface area contributed by atoms with Gasteiger partial charge in [-0.05, 0) is 31.4 Å². The topological polar surface area (TPSA) is 79.2 Å². The van der Waals surface area contributed by atoms with Crippen LogP contribution in [-0.4, -0.2) is 42.1 Å². The Morgan fingerprint density at radius 3 is 3.14 bits per heavy atom. The molecule has 1 amide bonds. The van der Waals surface area contributed by atoms with Crippen LogP contribution in [0, 0.1) is 0 Å². The first kappa shape index (κ1) is 13.0. The number of fused-ring (bicyclic) bond motifs is 1. The van der Waals surface area contributed by atoms with Gasteiger partial charge in [0, 0.05) is 25.1 Å². The summed E-state index contributed by atoms with van der Waals surface area (Å²) in [5.74, 6) is -0.0204. The summed E-state index contributed by atoms with van der Waals surface area (Å²) in [4.78, 5) is 19.2. The zero-order chi connectivity index (χ0) is 14.9. The number of hydrogen-bond acceptors (Lipinski definition) is 4. The summed E-state index contributed by atoms with van der Waals surface area (Å²) < 4.78 is 1.63. The van der Waals surface area contributed by atoms with E-state index in [-0.39, 0.29) is 11.9 Å². The number of carbonyl (C=O) groups is 1. The standard InChI is InChI=1S/C15H16N6O/c22-15(11-10-18-21-9-3-6-16-14(11)21)20-8-2-1-4-13(20)12-5-7-17-19-12/h3,5-7,9-10,13H,1-2,4,8H2,(H,17,19)/t13-/m0/s1. The fourth-order valence-electron chi connectivity index (χ4n) is 3.08. The Kier molecular flexibility index (Phi) is 3.10. The van der Waals surface area contributed by atoms with Crippen molar-refractivity contribution in [3.8, 4) is 0 Å². The van der Waals surface area contributed by atoms with Gasteiger partial charge in [-0.3, -0.25) is 9.89 Å². The maximum atomic E-state index is 13.0. The van der Waals surface area contributed by atoms with Crippen molar-refractivity contribution >= 4 is 11.6 Å². The molecule has 0 spiro atoms. The van der Waals surface area contributed by atoms with Gasteiger partial charge in [0.1, 0.15) is 5.56 Å². The molecule has 0 unspecified atom stereocenters. The minimum absolute atomic E-state index is 0.0204. The first-order chi connectivity index (χ1) is 10.8. The third-order valence-electron chi connectivity index (χ3n) is 4.15. The van der Waals surface area contributed by atoms with Crippen LogP contribution in [0.2, 0.25) is 0 Å². The lowest BCUT2D eigenvalue weighted by atomic mass is 9.98. The summed E-state index contributed by atoms with van der Waals surface area (Å²) in [6, 6.07) is 3.77. The highest BCUT2D eigenvalue weighted by atomic mass is 16.2. The van der Waals surface area contributed by atoms with Crippen molar-refractivity contribution in [1.82, 2.24) is 29.7 Å². The minimum atomic E-state index is -0.0204. The van der Waals surface area contributed by atoms with E-state index in [0.29, 0.717) is 11.2 Å². The number of aromatic amines is 1. The summed E-state index contributed by atoms with van der Waals surface area (Å²) in [6.45, 7) is 0.743. The third kappa shape index (κ3) is 2.05. The minimum Gasteiger partial charge on any atom is -0.330 e. The summed E-state index contributed by atoms with van der Waals surface area (Å²) in [6.07, 6.45) is 9.87. The molecule has 1 atom stereocenters. The molecule has 4 heterocycles. The Morgan fingerprint density at radius 1 is 1.32 bits per heavy atom. The van der Waals surface area contributed by atoms with Gasteiger partial charge in [0.25, 0.3) is 5.91 Å². The first-order valence-corrected chi connectivity index (χ1v) is 7.43. The van der Waals surface area contributed by atoms with Gasteiger partial charge >= 0.3 is 0 Å². The van der Waals surface area contributed by atoms with Crippen LogP contribution in [-0.2, 0) is 0 Å². The summed E-state index contributed by atoms with van der Waals surface area (Å²) in [5, 5.41) is 11.2. The molecule has 0 radical (unpaired) electrons. The monoisotopic (exact) mass is 296 g/mol. The third-order valence-corrected chi connectivity index (χ3v) is 4.15. The molecule has 0 aliphatic carbocycles. The van der Waals surface area contributed by atoms with Crippen LogP contribution < -0.4 is 0 Å². The Morgan fingerprint density at radius 2 is 2.27 bits per heavy atom. The lowest BCUT2D eigenvalue weighted by Crippen LogP contribution is -2.38.